The number of fused-ring (bicyclic) bond motifs is 2. The van der Waals surface area contributed by atoms with Crippen LogP contribution in [-0.2, 0) is 0 Å². The zero-order valence-electron chi connectivity index (χ0n) is 14.7. The number of pyridine rings is 2. The predicted molar refractivity (Wildman–Crippen MR) is 107 cm³/mol. The number of imide groups is 1. The molecule has 5 rings (SSSR count). The fourth-order valence-electron chi connectivity index (χ4n) is 3.45. The van der Waals surface area contributed by atoms with Gasteiger partial charge in [-0.3, -0.25) is 24.3 Å². The van der Waals surface area contributed by atoms with Crippen LogP contribution in [0.4, 0.5) is 5.82 Å². The summed E-state index contributed by atoms with van der Waals surface area (Å²) in [5, 5.41) is 2.74. The monoisotopic (exact) mass is 405 g/mol. The summed E-state index contributed by atoms with van der Waals surface area (Å²) in [7, 11) is 0. The Morgan fingerprint density at radius 3 is 2.66 bits per heavy atom. The fraction of sp³-hybridized carbons (Fsp3) is 0. The Kier molecular flexibility index (Phi) is 3.59. The number of nitrogens with zero attached hydrogens (tertiary/aromatic N) is 3. The molecule has 0 saturated carbocycles. The molecule has 9 heteroatoms. The summed E-state index contributed by atoms with van der Waals surface area (Å²) in [6.07, 6.45) is 3.57. The van der Waals surface area contributed by atoms with Crippen molar-refractivity contribution in [1.29, 1.82) is 0 Å². The topological polar surface area (TPSA) is 111 Å². The van der Waals surface area contributed by atoms with Gasteiger partial charge in [-0.15, -0.1) is 0 Å². The van der Waals surface area contributed by atoms with Crippen LogP contribution in [0.25, 0.3) is 22.6 Å². The molecule has 3 aromatic heterocycles. The smallest absolute Gasteiger partial charge is 0.262 e. The standard InChI is InChI=1S/C20H12ClN5O3/c21-11-4-5-15-23-14(9-25(15)8-11)10-2-1-3-12(6-10)26-16(27)7-13-17(18(26)22)20(29)24-19(13)28/h1-9H,22H2,(H,24,28,29). The van der Waals surface area contributed by atoms with Crippen molar-refractivity contribution in [3.05, 3.63) is 81.4 Å². The van der Waals surface area contributed by atoms with E-state index in [-0.39, 0.29) is 16.9 Å². The summed E-state index contributed by atoms with van der Waals surface area (Å²) in [5.74, 6) is -1.34. The molecule has 0 atom stereocenters. The summed E-state index contributed by atoms with van der Waals surface area (Å²) in [5.41, 5.74) is 8.18. The number of anilines is 1. The van der Waals surface area contributed by atoms with E-state index in [2.05, 4.69) is 10.3 Å². The number of halogens is 1. The number of carbonyl (C=O) groups is 2. The second-order valence-electron chi connectivity index (χ2n) is 6.56. The highest BCUT2D eigenvalue weighted by Gasteiger charge is 2.31. The van der Waals surface area contributed by atoms with E-state index in [0.717, 1.165) is 17.3 Å². The Morgan fingerprint density at radius 2 is 1.83 bits per heavy atom. The molecule has 0 fully saturated rings. The predicted octanol–water partition coefficient (Wildman–Crippen LogP) is 2.27. The molecule has 0 saturated heterocycles. The van der Waals surface area contributed by atoms with Gasteiger partial charge in [-0.2, -0.15) is 0 Å². The molecule has 0 bridgehead atoms. The number of hydrogen-bond donors (Lipinski definition) is 2. The molecule has 4 heterocycles. The van der Waals surface area contributed by atoms with E-state index in [1.165, 1.54) is 4.57 Å². The molecular weight excluding hydrogens is 394 g/mol. The zero-order valence-corrected chi connectivity index (χ0v) is 15.5. The van der Waals surface area contributed by atoms with Crippen LogP contribution < -0.4 is 16.6 Å². The number of nitrogen functional groups attached to an aromatic ring is 1. The Morgan fingerprint density at radius 1 is 1.00 bits per heavy atom. The van der Waals surface area contributed by atoms with E-state index in [1.54, 1.807) is 40.9 Å². The van der Waals surface area contributed by atoms with Crippen molar-refractivity contribution in [2.24, 2.45) is 0 Å². The normalized spacial score (nSPS) is 13.0. The molecule has 3 N–H and O–H groups in total. The number of nitrogens with one attached hydrogen (secondary N) is 1. The van der Waals surface area contributed by atoms with Gasteiger partial charge in [0.2, 0.25) is 0 Å². The Labute approximate surface area is 168 Å². The number of hydrogen-bond acceptors (Lipinski definition) is 5. The van der Waals surface area contributed by atoms with Gasteiger partial charge in [-0.05, 0) is 24.3 Å². The average Bonchev–Trinajstić information content (AvgIpc) is 3.22. The number of carbonyl (C=O) groups excluding carboxylic acids is 2. The maximum absolute atomic E-state index is 12.6. The molecule has 4 aromatic rings. The van der Waals surface area contributed by atoms with E-state index in [0.29, 0.717) is 16.4 Å². The summed E-state index contributed by atoms with van der Waals surface area (Å²) in [6, 6.07) is 11.7. The fourth-order valence-corrected chi connectivity index (χ4v) is 3.62. The maximum atomic E-state index is 12.6. The van der Waals surface area contributed by atoms with Gasteiger partial charge in [-0.25, -0.2) is 4.98 Å². The van der Waals surface area contributed by atoms with Crippen molar-refractivity contribution in [1.82, 2.24) is 19.3 Å². The highest BCUT2D eigenvalue weighted by Crippen LogP contribution is 2.26. The highest BCUT2D eigenvalue weighted by atomic mass is 35.5. The molecule has 2 amide bonds. The van der Waals surface area contributed by atoms with Crippen LogP contribution in [0.15, 0.2) is 59.7 Å². The third-order valence-corrected chi connectivity index (χ3v) is 4.99. The van der Waals surface area contributed by atoms with Gasteiger partial charge >= 0.3 is 0 Å². The molecule has 8 nitrogen and oxygen atoms in total. The van der Waals surface area contributed by atoms with Crippen molar-refractivity contribution < 1.29 is 9.59 Å². The molecule has 0 radical (unpaired) electrons. The third-order valence-electron chi connectivity index (χ3n) is 4.77. The molecule has 0 spiro atoms. The van der Waals surface area contributed by atoms with Crippen LogP contribution in [-0.4, -0.2) is 25.8 Å². The largest absolute Gasteiger partial charge is 0.384 e. The van der Waals surface area contributed by atoms with E-state index >= 15 is 0 Å². The zero-order chi connectivity index (χ0) is 20.3. The minimum absolute atomic E-state index is 0.00220. The van der Waals surface area contributed by atoms with Crippen LogP contribution in [0, 0.1) is 0 Å². The van der Waals surface area contributed by atoms with Gasteiger partial charge in [0.25, 0.3) is 17.4 Å². The molecule has 1 aromatic carbocycles. The minimum Gasteiger partial charge on any atom is -0.384 e. The van der Waals surface area contributed by atoms with Crippen LogP contribution in [0.5, 0.6) is 0 Å². The van der Waals surface area contributed by atoms with E-state index in [4.69, 9.17) is 17.3 Å². The molecule has 0 aliphatic carbocycles. The lowest BCUT2D eigenvalue weighted by molar-refractivity contribution is 0.0880. The Hall–Kier alpha value is -3.91. The number of nitrogens with two attached hydrogens (primary N) is 1. The Balaban J connectivity index is 1.67. The van der Waals surface area contributed by atoms with Gasteiger partial charge in [0.05, 0.1) is 27.5 Å². The second-order valence-corrected chi connectivity index (χ2v) is 7.00. The lowest BCUT2D eigenvalue weighted by atomic mass is 10.1. The van der Waals surface area contributed by atoms with Crippen molar-refractivity contribution in [3.63, 3.8) is 0 Å². The summed E-state index contributed by atoms with van der Waals surface area (Å²) >= 11 is 6.03. The molecule has 1 aliphatic heterocycles. The Bertz CT molecular complexity index is 1420. The quantitative estimate of drug-likeness (QED) is 0.497. The SMILES string of the molecule is Nc1c2c(cc(=O)n1-c1cccc(-c3cn4cc(Cl)ccc4n3)c1)C(=O)NC2=O. The minimum atomic E-state index is -0.627. The van der Waals surface area contributed by atoms with E-state index in [9.17, 15) is 14.4 Å². The summed E-state index contributed by atoms with van der Waals surface area (Å²) < 4.78 is 3.00. The number of amides is 2. The first-order chi connectivity index (χ1) is 13.9. The molecule has 142 valence electrons. The van der Waals surface area contributed by atoms with Crippen molar-refractivity contribution >= 4 is 34.9 Å². The first-order valence-electron chi connectivity index (χ1n) is 8.58. The van der Waals surface area contributed by atoms with Crippen LogP contribution in [0.1, 0.15) is 20.7 Å². The lowest BCUT2D eigenvalue weighted by Crippen LogP contribution is -2.24. The van der Waals surface area contributed by atoms with Gasteiger partial charge < -0.3 is 10.1 Å². The molecule has 0 unspecified atom stereocenters. The third kappa shape index (κ3) is 2.61. The average molecular weight is 406 g/mol. The van der Waals surface area contributed by atoms with Crippen molar-refractivity contribution in [2.75, 3.05) is 5.73 Å². The first-order valence-corrected chi connectivity index (χ1v) is 8.96. The number of imidazole rings is 1. The highest BCUT2D eigenvalue weighted by molar-refractivity contribution is 6.30. The van der Waals surface area contributed by atoms with Gasteiger partial charge in [-0.1, -0.05) is 23.7 Å². The molecule has 1 aliphatic rings. The summed E-state index contributed by atoms with van der Waals surface area (Å²) in [6.45, 7) is 0. The van der Waals surface area contributed by atoms with E-state index < -0.39 is 17.4 Å². The van der Waals surface area contributed by atoms with Crippen LogP contribution in [0.2, 0.25) is 5.02 Å². The van der Waals surface area contributed by atoms with Gasteiger partial charge in [0.15, 0.2) is 0 Å². The van der Waals surface area contributed by atoms with Gasteiger partial charge in [0.1, 0.15) is 11.5 Å². The maximum Gasteiger partial charge on any atom is 0.262 e. The number of aromatic nitrogens is 3. The lowest BCUT2D eigenvalue weighted by Gasteiger charge is -2.12. The number of benzene rings is 1. The number of rotatable bonds is 2. The van der Waals surface area contributed by atoms with Crippen molar-refractivity contribution in [3.8, 4) is 16.9 Å². The van der Waals surface area contributed by atoms with Crippen molar-refractivity contribution in [2.45, 2.75) is 0 Å². The van der Waals surface area contributed by atoms with Crippen LogP contribution in [0.3, 0.4) is 0 Å². The van der Waals surface area contributed by atoms with Crippen LogP contribution >= 0.6 is 11.6 Å². The second kappa shape index (κ2) is 6.05. The molecular formula is C20H12ClN5O3. The first kappa shape index (κ1) is 17.2. The molecule has 29 heavy (non-hydrogen) atoms. The summed E-state index contributed by atoms with van der Waals surface area (Å²) in [4.78, 5) is 41.1. The van der Waals surface area contributed by atoms with E-state index in [1.807, 2.05) is 12.3 Å². The van der Waals surface area contributed by atoms with Gasteiger partial charge in [0, 0.05) is 24.0 Å².